The van der Waals surface area contributed by atoms with Gasteiger partial charge in [0.25, 0.3) is 5.91 Å². The van der Waals surface area contributed by atoms with Crippen LogP contribution in [-0.4, -0.2) is 23.1 Å². The van der Waals surface area contributed by atoms with Crippen molar-refractivity contribution in [2.75, 3.05) is 6.54 Å². The largest absolute Gasteiger partial charge is 0.350 e. The zero-order valence-electron chi connectivity index (χ0n) is 13.9. The quantitative estimate of drug-likeness (QED) is 0.847. The summed E-state index contributed by atoms with van der Waals surface area (Å²) >= 11 is 6.08. The van der Waals surface area contributed by atoms with Crippen LogP contribution < -0.4 is 11.1 Å². The molecule has 0 radical (unpaired) electrons. The Hall–Kier alpha value is -1.49. The molecular weight excluding hydrogens is 345 g/mol. The van der Waals surface area contributed by atoms with Crippen molar-refractivity contribution in [1.82, 2.24) is 9.88 Å². The lowest BCUT2D eigenvalue weighted by Gasteiger charge is -2.12. The van der Waals surface area contributed by atoms with Gasteiger partial charge in [0.05, 0.1) is 5.56 Å². The second-order valence-corrected chi connectivity index (χ2v) is 6.75. The summed E-state index contributed by atoms with van der Waals surface area (Å²) in [4.78, 5) is 12.5. The summed E-state index contributed by atoms with van der Waals surface area (Å²) < 4.78 is 2.04. The van der Waals surface area contributed by atoms with Crippen molar-refractivity contribution in [2.24, 2.45) is 11.7 Å². The second-order valence-electron chi connectivity index (χ2n) is 6.31. The van der Waals surface area contributed by atoms with Gasteiger partial charge in [-0.2, -0.15) is 0 Å². The van der Waals surface area contributed by atoms with Gasteiger partial charge in [-0.3, -0.25) is 4.79 Å². The average molecular weight is 368 g/mol. The summed E-state index contributed by atoms with van der Waals surface area (Å²) in [5, 5.41) is 3.64. The molecule has 0 saturated heterocycles. The van der Waals surface area contributed by atoms with Crippen LogP contribution in [0.5, 0.6) is 0 Å². The summed E-state index contributed by atoms with van der Waals surface area (Å²) in [6.07, 6.45) is 2.36. The number of hydrogen-bond acceptors (Lipinski definition) is 2. The normalized spacial score (nSPS) is 14.8. The minimum atomic E-state index is -0.0671. The first kappa shape index (κ1) is 18.8. The van der Waals surface area contributed by atoms with E-state index in [9.17, 15) is 4.79 Å². The lowest BCUT2D eigenvalue weighted by atomic mass is 10.2. The van der Waals surface area contributed by atoms with E-state index in [1.807, 2.05) is 48.7 Å². The molecule has 130 valence electrons. The minimum absolute atomic E-state index is 0. The highest BCUT2D eigenvalue weighted by Crippen LogP contribution is 2.31. The fourth-order valence-electron chi connectivity index (χ4n) is 3.00. The van der Waals surface area contributed by atoms with Crippen molar-refractivity contribution < 1.29 is 4.79 Å². The molecule has 1 aromatic heterocycles. The monoisotopic (exact) mass is 367 g/mol. The van der Waals surface area contributed by atoms with E-state index < -0.39 is 0 Å². The van der Waals surface area contributed by atoms with Crippen molar-refractivity contribution in [1.29, 1.82) is 0 Å². The molecule has 1 aliphatic rings. The van der Waals surface area contributed by atoms with Crippen LogP contribution in [0.1, 0.15) is 34.6 Å². The van der Waals surface area contributed by atoms with Crippen molar-refractivity contribution in [3.05, 3.63) is 52.3 Å². The van der Waals surface area contributed by atoms with Crippen LogP contribution >= 0.6 is 24.0 Å². The molecule has 1 aliphatic carbocycles. The third kappa shape index (κ3) is 3.94. The van der Waals surface area contributed by atoms with E-state index in [4.69, 9.17) is 17.3 Å². The number of aryl methyl sites for hydroxylation is 1. The number of nitrogens with one attached hydrogen (secondary N) is 1. The van der Waals surface area contributed by atoms with Crippen LogP contribution in [0.4, 0.5) is 0 Å². The SMILES string of the molecule is Cc1cc(C(=O)NCC(N)C2CC2)c(C)n1-c1cccc(Cl)c1.Cl. The molecule has 6 heteroatoms. The number of aromatic nitrogens is 1. The topological polar surface area (TPSA) is 60.1 Å². The Morgan fingerprint density at radius 1 is 1.38 bits per heavy atom. The molecule has 24 heavy (non-hydrogen) atoms. The lowest BCUT2D eigenvalue weighted by Crippen LogP contribution is -2.38. The maximum atomic E-state index is 12.5. The van der Waals surface area contributed by atoms with Crippen molar-refractivity contribution in [2.45, 2.75) is 32.7 Å². The number of carbonyl (C=O) groups excluding carboxylic acids is 1. The molecule has 4 nitrogen and oxygen atoms in total. The lowest BCUT2D eigenvalue weighted by molar-refractivity contribution is 0.0949. The van der Waals surface area contributed by atoms with E-state index in [2.05, 4.69) is 5.32 Å². The number of nitrogens with zero attached hydrogens (tertiary/aromatic N) is 1. The van der Waals surface area contributed by atoms with Crippen LogP contribution in [0.15, 0.2) is 30.3 Å². The Balaban J connectivity index is 0.00000208. The Kier molecular flexibility index (Phi) is 5.97. The van der Waals surface area contributed by atoms with Gasteiger partial charge in [-0.05, 0) is 56.9 Å². The zero-order valence-corrected chi connectivity index (χ0v) is 15.5. The molecule has 1 unspecified atom stereocenters. The predicted molar refractivity (Wildman–Crippen MR) is 101 cm³/mol. The number of nitrogens with two attached hydrogens (primary N) is 1. The van der Waals surface area contributed by atoms with Crippen LogP contribution in [0.3, 0.4) is 0 Å². The van der Waals surface area contributed by atoms with Gasteiger partial charge >= 0.3 is 0 Å². The highest BCUT2D eigenvalue weighted by atomic mass is 35.5. The van der Waals surface area contributed by atoms with E-state index in [0.717, 1.165) is 17.1 Å². The Labute approximate surface area is 153 Å². The molecule has 0 spiro atoms. The first-order chi connectivity index (χ1) is 11.0. The van der Waals surface area contributed by atoms with Crippen molar-refractivity contribution >= 4 is 29.9 Å². The Morgan fingerprint density at radius 3 is 2.71 bits per heavy atom. The molecule has 1 fully saturated rings. The van der Waals surface area contributed by atoms with E-state index in [1.54, 1.807) is 0 Å². The van der Waals surface area contributed by atoms with Gasteiger partial charge in [0, 0.05) is 34.7 Å². The van der Waals surface area contributed by atoms with Gasteiger partial charge in [0.2, 0.25) is 0 Å². The smallest absolute Gasteiger partial charge is 0.253 e. The third-order valence-electron chi connectivity index (χ3n) is 4.47. The van der Waals surface area contributed by atoms with E-state index >= 15 is 0 Å². The third-order valence-corrected chi connectivity index (χ3v) is 4.70. The Morgan fingerprint density at radius 2 is 2.08 bits per heavy atom. The number of carbonyl (C=O) groups is 1. The van der Waals surface area contributed by atoms with Crippen molar-refractivity contribution in [3.63, 3.8) is 0 Å². The van der Waals surface area contributed by atoms with Gasteiger partial charge in [-0.15, -0.1) is 12.4 Å². The number of amides is 1. The first-order valence-corrected chi connectivity index (χ1v) is 8.34. The number of benzene rings is 1. The summed E-state index contributed by atoms with van der Waals surface area (Å²) in [7, 11) is 0. The molecule has 0 aliphatic heterocycles. The molecule has 3 rings (SSSR count). The van der Waals surface area contributed by atoms with Gasteiger partial charge < -0.3 is 15.6 Å². The number of rotatable bonds is 5. The maximum absolute atomic E-state index is 12.5. The van der Waals surface area contributed by atoms with Gasteiger partial charge in [-0.1, -0.05) is 17.7 Å². The Bertz CT molecular complexity index is 738. The predicted octanol–water partition coefficient (Wildman–Crippen LogP) is 3.64. The molecule has 0 bridgehead atoms. The van der Waals surface area contributed by atoms with E-state index in [1.165, 1.54) is 12.8 Å². The average Bonchev–Trinajstić information content (AvgIpc) is 3.31. The van der Waals surface area contributed by atoms with Crippen LogP contribution in [0, 0.1) is 19.8 Å². The summed E-state index contributed by atoms with van der Waals surface area (Å²) in [5.74, 6) is 0.511. The highest BCUT2D eigenvalue weighted by molar-refractivity contribution is 6.30. The molecule has 1 saturated carbocycles. The van der Waals surface area contributed by atoms with Gasteiger partial charge in [0.1, 0.15) is 0 Å². The van der Waals surface area contributed by atoms with Crippen molar-refractivity contribution in [3.8, 4) is 5.69 Å². The van der Waals surface area contributed by atoms with Crippen LogP contribution in [-0.2, 0) is 0 Å². The zero-order chi connectivity index (χ0) is 16.6. The molecule has 1 aromatic carbocycles. The van der Waals surface area contributed by atoms with Gasteiger partial charge in [-0.25, -0.2) is 0 Å². The molecule has 1 amide bonds. The fourth-order valence-corrected chi connectivity index (χ4v) is 3.19. The molecule has 1 heterocycles. The van der Waals surface area contributed by atoms with Crippen LogP contribution in [0.2, 0.25) is 5.02 Å². The van der Waals surface area contributed by atoms with E-state index in [-0.39, 0.29) is 24.4 Å². The van der Waals surface area contributed by atoms with Crippen LogP contribution in [0.25, 0.3) is 5.69 Å². The number of halogens is 2. The highest BCUT2D eigenvalue weighted by Gasteiger charge is 2.28. The molecule has 3 N–H and O–H groups in total. The molecule has 1 atom stereocenters. The summed E-state index contributed by atoms with van der Waals surface area (Å²) in [6, 6.07) is 9.60. The summed E-state index contributed by atoms with van der Waals surface area (Å²) in [5.41, 5.74) is 9.60. The molecule has 2 aromatic rings. The number of hydrogen-bond donors (Lipinski definition) is 2. The van der Waals surface area contributed by atoms with Gasteiger partial charge in [0.15, 0.2) is 0 Å². The maximum Gasteiger partial charge on any atom is 0.253 e. The fraction of sp³-hybridized carbons (Fsp3) is 0.389. The second kappa shape index (κ2) is 7.60. The minimum Gasteiger partial charge on any atom is -0.350 e. The first-order valence-electron chi connectivity index (χ1n) is 7.96. The van der Waals surface area contributed by atoms with E-state index in [0.29, 0.717) is 23.0 Å². The molecular formula is C18H23Cl2N3O. The standard InChI is InChI=1S/C18H22ClN3O.ClH/c1-11-8-16(18(23)21-10-17(20)13-6-7-13)12(2)22(11)15-5-3-4-14(19)9-15;/h3-5,8-9,13,17H,6-7,10,20H2,1-2H3,(H,21,23);1H. The summed E-state index contributed by atoms with van der Waals surface area (Å²) in [6.45, 7) is 4.47.